The van der Waals surface area contributed by atoms with Crippen molar-refractivity contribution in [3.05, 3.63) is 88.6 Å². The summed E-state index contributed by atoms with van der Waals surface area (Å²) < 4.78 is 2.64. The van der Waals surface area contributed by atoms with Crippen LogP contribution in [0.1, 0.15) is 20.8 Å². The molecule has 4 rings (SSSR count). The van der Waals surface area contributed by atoms with Gasteiger partial charge in [0.15, 0.2) is 5.69 Å². The number of aromatic nitrogens is 4. The molecule has 0 saturated carbocycles. The Hall–Kier alpha value is -4.27. The molecule has 2 aromatic carbocycles. The smallest absolute Gasteiger partial charge is 0.267 e. The minimum atomic E-state index is -0.638. The third kappa shape index (κ3) is 3.48. The fourth-order valence-electron chi connectivity index (χ4n) is 2.87. The Bertz CT molecular complexity index is 1280. The summed E-state index contributed by atoms with van der Waals surface area (Å²) in [5.74, 6) is -1.17. The summed E-state index contributed by atoms with van der Waals surface area (Å²) in [7, 11) is 1.46. The summed E-state index contributed by atoms with van der Waals surface area (Å²) in [5.41, 5.74) is 5.47. The highest BCUT2D eigenvalue weighted by atomic mass is 16.2. The first-order valence-corrected chi connectivity index (χ1v) is 8.71. The predicted molar refractivity (Wildman–Crippen MR) is 105 cm³/mol. The van der Waals surface area contributed by atoms with Crippen molar-refractivity contribution in [3.63, 3.8) is 0 Å². The van der Waals surface area contributed by atoms with Crippen molar-refractivity contribution in [2.75, 3.05) is 0 Å². The van der Waals surface area contributed by atoms with Crippen molar-refractivity contribution >= 4 is 22.6 Å². The summed E-state index contributed by atoms with van der Waals surface area (Å²) in [5, 5.41) is 8.94. The standard InChI is InChI=1S/C20H16N6O3/c1-25-20(29)16-10-6-5-9-15(16)17(24-25)19(28)23-22-18(27)13-11-21-26(12-13)14-7-3-2-4-8-14/h2-12H,1H3,(H,22,27)(H,23,28). The molecule has 0 saturated heterocycles. The summed E-state index contributed by atoms with van der Waals surface area (Å²) in [4.78, 5) is 37.1. The molecule has 2 amide bonds. The van der Waals surface area contributed by atoms with E-state index in [0.717, 1.165) is 10.4 Å². The Morgan fingerprint density at radius 3 is 2.31 bits per heavy atom. The number of carbonyl (C=O) groups excluding carboxylic acids is 2. The van der Waals surface area contributed by atoms with Crippen LogP contribution in [-0.2, 0) is 7.05 Å². The monoisotopic (exact) mass is 388 g/mol. The van der Waals surface area contributed by atoms with Gasteiger partial charge >= 0.3 is 0 Å². The van der Waals surface area contributed by atoms with Crippen LogP contribution in [0.3, 0.4) is 0 Å². The lowest BCUT2D eigenvalue weighted by Crippen LogP contribution is -2.42. The number of aryl methyl sites for hydroxylation is 1. The normalized spacial score (nSPS) is 10.7. The molecule has 0 bridgehead atoms. The highest BCUT2D eigenvalue weighted by Crippen LogP contribution is 2.12. The van der Waals surface area contributed by atoms with Gasteiger partial charge in [0, 0.05) is 18.6 Å². The number of hydrazine groups is 1. The molecule has 0 fully saturated rings. The lowest BCUT2D eigenvalue weighted by atomic mass is 10.1. The third-order valence-electron chi connectivity index (χ3n) is 4.33. The zero-order chi connectivity index (χ0) is 20.4. The van der Waals surface area contributed by atoms with Gasteiger partial charge in [-0.2, -0.15) is 10.2 Å². The minimum absolute atomic E-state index is 0.0305. The number of hydrogen-bond acceptors (Lipinski definition) is 5. The van der Waals surface area contributed by atoms with Gasteiger partial charge in [0.05, 0.1) is 22.8 Å². The molecule has 4 aromatic rings. The second kappa shape index (κ2) is 7.39. The van der Waals surface area contributed by atoms with E-state index >= 15 is 0 Å². The van der Waals surface area contributed by atoms with Crippen molar-refractivity contribution in [2.45, 2.75) is 0 Å². The molecule has 0 aliphatic carbocycles. The SMILES string of the molecule is Cn1nc(C(=O)NNC(=O)c2cnn(-c3ccccc3)c2)c2ccccc2c1=O. The minimum Gasteiger partial charge on any atom is -0.267 e. The van der Waals surface area contributed by atoms with Crippen LogP contribution in [0.5, 0.6) is 0 Å². The number of amides is 2. The summed E-state index contributed by atoms with van der Waals surface area (Å²) in [6.45, 7) is 0. The Kier molecular flexibility index (Phi) is 4.62. The number of nitrogens with zero attached hydrogens (tertiary/aromatic N) is 4. The van der Waals surface area contributed by atoms with Crippen LogP contribution >= 0.6 is 0 Å². The topological polar surface area (TPSA) is 111 Å². The zero-order valence-electron chi connectivity index (χ0n) is 15.4. The van der Waals surface area contributed by atoms with Crippen molar-refractivity contribution in [1.29, 1.82) is 0 Å². The van der Waals surface area contributed by atoms with Crippen LogP contribution in [0.15, 0.2) is 71.8 Å². The number of fused-ring (bicyclic) bond motifs is 1. The van der Waals surface area contributed by atoms with E-state index < -0.39 is 11.8 Å². The lowest BCUT2D eigenvalue weighted by Gasteiger charge is -2.09. The van der Waals surface area contributed by atoms with E-state index in [9.17, 15) is 14.4 Å². The molecule has 2 aromatic heterocycles. The quantitative estimate of drug-likeness (QED) is 0.512. The summed E-state index contributed by atoms with van der Waals surface area (Å²) >= 11 is 0. The van der Waals surface area contributed by atoms with Crippen LogP contribution < -0.4 is 16.4 Å². The van der Waals surface area contributed by atoms with Crippen molar-refractivity contribution in [3.8, 4) is 5.69 Å². The zero-order valence-corrected chi connectivity index (χ0v) is 15.4. The van der Waals surface area contributed by atoms with E-state index in [4.69, 9.17) is 0 Å². The fraction of sp³-hybridized carbons (Fsp3) is 0.0500. The molecule has 0 unspecified atom stereocenters. The van der Waals surface area contributed by atoms with Gasteiger partial charge in [-0.15, -0.1) is 0 Å². The number of rotatable bonds is 3. The van der Waals surface area contributed by atoms with Crippen LogP contribution in [0.25, 0.3) is 16.5 Å². The number of hydrogen-bond donors (Lipinski definition) is 2. The van der Waals surface area contributed by atoms with E-state index in [1.54, 1.807) is 35.1 Å². The maximum atomic E-state index is 12.6. The van der Waals surface area contributed by atoms with Gasteiger partial charge in [-0.1, -0.05) is 36.4 Å². The highest BCUT2D eigenvalue weighted by Gasteiger charge is 2.17. The van der Waals surface area contributed by atoms with Crippen molar-refractivity contribution in [1.82, 2.24) is 30.4 Å². The van der Waals surface area contributed by atoms with Gasteiger partial charge in [0.1, 0.15) is 0 Å². The molecule has 9 nitrogen and oxygen atoms in total. The molecule has 9 heteroatoms. The lowest BCUT2D eigenvalue weighted by molar-refractivity contribution is 0.0844. The number of para-hydroxylation sites is 1. The molecule has 144 valence electrons. The van der Waals surface area contributed by atoms with Crippen LogP contribution in [0, 0.1) is 0 Å². The Morgan fingerprint density at radius 2 is 1.55 bits per heavy atom. The average molecular weight is 388 g/mol. The molecular formula is C20H16N6O3. The first kappa shape index (κ1) is 18.1. The van der Waals surface area contributed by atoms with E-state index in [1.807, 2.05) is 30.3 Å². The van der Waals surface area contributed by atoms with Gasteiger partial charge in [0.25, 0.3) is 17.4 Å². The van der Waals surface area contributed by atoms with E-state index in [2.05, 4.69) is 21.0 Å². The molecule has 0 aliphatic heterocycles. The summed E-state index contributed by atoms with van der Waals surface area (Å²) in [6.07, 6.45) is 2.95. The maximum absolute atomic E-state index is 12.6. The second-order valence-corrected chi connectivity index (χ2v) is 6.24. The van der Waals surface area contributed by atoms with Crippen molar-refractivity contribution < 1.29 is 9.59 Å². The molecule has 0 radical (unpaired) electrons. The second-order valence-electron chi connectivity index (χ2n) is 6.24. The van der Waals surface area contributed by atoms with Crippen LogP contribution in [0.4, 0.5) is 0 Å². The molecule has 0 spiro atoms. The predicted octanol–water partition coefficient (Wildman–Crippen LogP) is 1.19. The Labute approximate surface area is 164 Å². The van der Waals surface area contributed by atoms with E-state index in [0.29, 0.717) is 10.8 Å². The average Bonchev–Trinajstić information content (AvgIpc) is 3.25. The van der Waals surface area contributed by atoms with Crippen molar-refractivity contribution in [2.24, 2.45) is 7.05 Å². The van der Waals surface area contributed by atoms with E-state index in [1.165, 1.54) is 13.2 Å². The first-order chi connectivity index (χ1) is 14.0. The van der Waals surface area contributed by atoms with Gasteiger partial charge in [-0.25, -0.2) is 9.36 Å². The maximum Gasteiger partial charge on any atom is 0.290 e. The molecule has 0 aliphatic rings. The van der Waals surface area contributed by atoms with Gasteiger partial charge < -0.3 is 0 Å². The van der Waals surface area contributed by atoms with Crippen LogP contribution in [-0.4, -0.2) is 31.4 Å². The Balaban J connectivity index is 1.51. The van der Waals surface area contributed by atoms with Gasteiger partial charge in [0.2, 0.25) is 0 Å². The highest BCUT2D eigenvalue weighted by molar-refractivity contribution is 6.05. The first-order valence-electron chi connectivity index (χ1n) is 8.71. The molecular weight excluding hydrogens is 372 g/mol. The van der Waals surface area contributed by atoms with Gasteiger partial charge in [-0.05, 0) is 18.2 Å². The number of benzene rings is 2. The molecule has 2 N–H and O–H groups in total. The summed E-state index contributed by atoms with van der Waals surface area (Å²) in [6, 6.07) is 16.0. The molecule has 29 heavy (non-hydrogen) atoms. The van der Waals surface area contributed by atoms with Gasteiger partial charge in [-0.3, -0.25) is 25.2 Å². The fourth-order valence-corrected chi connectivity index (χ4v) is 2.87. The van der Waals surface area contributed by atoms with E-state index in [-0.39, 0.29) is 16.8 Å². The van der Waals surface area contributed by atoms with Crippen LogP contribution in [0.2, 0.25) is 0 Å². The molecule has 2 heterocycles. The number of carbonyl (C=O) groups is 2. The third-order valence-corrected chi connectivity index (χ3v) is 4.33. The molecule has 0 atom stereocenters. The largest absolute Gasteiger partial charge is 0.290 e. The number of nitrogens with one attached hydrogen (secondary N) is 2. The Morgan fingerprint density at radius 1 is 0.897 bits per heavy atom.